The van der Waals surface area contributed by atoms with Gasteiger partial charge < -0.3 is 19.7 Å². The van der Waals surface area contributed by atoms with Crippen molar-refractivity contribution in [1.82, 2.24) is 15.1 Å². The summed E-state index contributed by atoms with van der Waals surface area (Å²) in [6.07, 6.45) is 0. The molecule has 2 aliphatic heterocycles. The number of hydrogen-bond donors (Lipinski definition) is 1. The zero-order valence-corrected chi connectivity index (χ0v) is 18.1. The van der Waals surface area contributed by atoms with Crippen molar-refractivity contribution in [1.29, 1.82) is 0 Å². The van der Waals surface area contributed by atoms with Crippen molar-refractivity contribution >= 4 is 33.8 Å². The lowest BCUT2D eigenvalue weighted by Gasteiger charge is -2.23. The Kier molecular flexibility index (Phi) is 5.15. The number of ether oxygens (including phenoxy) is 2. The predicted molar refractivity (Wildman–Crippen MR) is 111 cm³/mol. The lowest BCUT2D eigenvalue weighted by atomic mass is 9.91. The molecule has 2 aromatic rings. The van der Waals surface area contributed by atoms with Gasteiger partial charge in [-0.05, 0) is 36.2 Å². The quantitative estimate of drug-likeness (QED) is 0.674. The molecule has 1 saturated heterocycles. The molecule has 2 aliphatic rings. The molecule has 1 N–H and O–H groups in total. The predicted octanol–water partition coefficient (Wildman–Crippen LogP) is 2.60. The van der Waals surface area contributed by atoms with Gasteiger partial charge in [-0.1, -0.05) is 40.2 Å². The first-order chi connectivity index (χ1) is 14.3. The van der Waals surface area contributed by atoms with E-state index in [1.807, 2.05) is 24.3 Å². The lowest BCUT2D eigenvalue weighted by Crippen LogP contribution is -2.43. The lowest BCUT2D eigenvalue weighted by molar-refractivity contribution is -0.138. The topological polar surface area (TPSA) is 88.2 Å². The van der Waals surface area contributed by atoms with Gasteiger partial charge in [0.15, 0.2) is 11.5 Å². The van der Waals surface area contributed by atoms with Crippen LogP contribution in [-0.4, -0.2) is 48.0 Å². The highest BCUT2D eigenvalue weighted by atomic mass is 79.9. The van der Waals surface area contributed by atoms with Crippen LogP contribution >= 0.6 is 15.9 Å². The molecular weight excluding hydrogens is 454 g/mol. The monoisotopic (exact) mass is 473 g/mol. The number of halogens is 1. The number of benzene rings is 2. The maximum absolute atomic E-state index is 13.1. The summed E-state index contributed by atoms with van der Waals surface area (Å²) in [5.41, 5.74) is 0.191. The summed E-state index contributed by atoms with van der Waals surface area (Å²) in [5.74, 6) is 0.261. The van der Waals surface area contributed by atoms with Crippen LogP contribution in [0.1, 0.15) is 18.1 Å². The molecular formula is C21H20BrN3O5. The third kappa shape index (κ3) is 3.49. The summed E-state index contributed by atoms with van der Waals surface area (Å²) < 4.78 is 11.6. The number of nitrogens with one attached hydrogen (secondary N) is 1. The minimum atomic E-state index is -1.29. The Morgan fingerprint density at radius 1 is 1.20 bits per heavy atom. The van der Waals surface area contributed by atoms with Crippen molar-refractivity contribution in [3.63, 3.8) is 0 Å². The number of carbonyl (C=O) groups excluding carboxylic acids is 3. The van der Waals surface area contributed by atoms with Crippen molar-refractivity contribution in [3.8, 4) is 11.5 Å². The van der Waals surface area contributed by atoms with Crippen LogP contribution in [-0.2, 0) is 21.7 Å². The fourth-order valence-electron chi connectivity index (χ4n) is 3.47. The number of fused-ring (bicyclic) bond motifs is 1. The van der Waals surface area contributed by atoms with Gasteiger partial charge in [0, 0.05) is 18.1 Å². The second-order valence-corrected chi connectivity index (χ2v) is 8.21. The van der Waals surface area contributed by atoms with Crippen LogP contribution in [0.25, 0.3) is 0 Å². The number of amides is 4. The van der Waals surface area contributed by atoms with Crippen LogP contribution in [0.5, 0.6) is 11.5 Å². The second-order valence-electron chi connectivity index (χ2n) is 7.36. The number of likely N-dealkylation sites (N-methyl/N-ethyl adjacent to an activating group) is 1. The minimum absolute atomic E-state index is 0.111. The molecule has 0 radical (unpaired) electrons. The van der Waals surface area contributed by atoms with Gasteiger partial charge in [-0.15, -0.1) is 0 Å². The van der Waals surface area contributed by atoms with E-state index in [9.17, 15) is 14.4 Å². The van der Waals surface area contributed by atoms with Crippen molar-refractivity contribution in [2.75, 3.05) is 20.4 Å². The Labute approximate surface area is 181 Å². The van der Waals surface area contributed by atoms with Crippen LogP contribution in [0.3, 0.4) is 0 Å². The van der Waals surface area contributed by atoms with Gasteiger partial charge in [0.25, 0.3) is 5.91 Å². The zero-order chi connectivity index (χ0) is 21.5. The SMILES string of the molecule is CN(Cc1ccccc1Br)C(=O)CN1C(=O)NC(C)(c2ccc3c(c2)OCO3)C1=O. The molecule has 0 saturated carbocycles. The first kappa shape index (κ1) is 20.2. The summed E-state index contributed by atoms with van der Waals surface area (Å²) in [4.78, 5) is 40.8. The van der Waals surface area contributed by atoms with Gasteiger partial charge in [-0.25, -0.2) is 4.79 Å². The number of hydrogen-bond acceptors (Lipinski definition) is 5. The molecule has 0 aromatic heterocycles. The van der Waals surface area contributed by atoms with Crippen LogP contribution in [0.2, 0.25) is 0 Å². The van der Waals surface area contributed by atoms with E-state index in [1.54, 1.807) is 32.2 Å². The molecule has 0 bridgehead atoms. The third-order valence-electron chi connectivity index (χ3n) is 5.31. The van der Waals surface area contributed by atoms with E-state index in [4.69, 9.17) is 9.47 Å². The largest absolute Gasteiger partial charge is 0.454 e. The number of urea groups is 1. The number of nitrogens with zero attached hydrogens (tertiary/aromatic N) is 2. The van der Waals surface area contributed by atoms with Gasteiger partial charge >= 0.3 is 6.03 Å². The summed E-state index contributed by atoms with van der Waals surface area (Å²) in [6, 6.07) is 12.0. The number of carbonyl (C=O) groups is 3. The molecule has 9 heteroatoms. The Morgan fingerprint density at radius 2 is 1.93 bits per heavy atom. The van der Waals surface area contributed by atoms with Gasteiger partial charge in [0.05, 0.1) is 0 Å². The van der Waals surface area contributed by atoms with E-state index in [1.165, 1.54) is 4.90 Å². The van der Waals surface area contributed by atoms with E-state index in [-0.39, 0.29) is 19.2 Å². The Balaban J connectivity index is 1.48. The van der Waals surface area contributed by atoms with Crippen LogP contribution in [0, 0.1) is 0 Å². The third-order valence-corrected chi connectivity index (χ3v) is 6.08. The van der Waals surface area contributed by atoms with Crippen LogP contribution < -0.4 is 14.8 Å². The second kappa shape index (κ2) is 7.64. The summed E-state index contributed by atoms with van der Waals surface area (Å²) in [5, 5.41) is 2.70. The highest BCUT2D eigenvalue weighted by Gasteiger charge is 2.50. The fraction of sp³-hybridized carbons (Fsp3) is 0.286. The Hall–Kier alpha value is -3.07. The van der Waals surface area contributed by atoms with Crippen molar-refractivity contribution in [3.05, 3.63) is 58.1 Å². The molecule has 2 aromatic carbocycles. The maximum atomic E-state index is 13.1. The average molecular weight is 474 g/mol. The highest BCUT2D eigenvalue weighted by molar-refractivity contribution is 9.10. The van der Waals surface area contributed by atoms with Crippen molar-refractivity contribution in [2.45, 2.75) is 19.0 Å². The first-order valence-corrected chi connectivity index (χ1v) is 10.1. The summed E-state index contributed by atoms with van der Waals surface area (Å²) >= 11 is 3.46. The van der Waals surface area contributed by atoms with E-state index in [0.29, 0.717) is 23.6 Å². The maximum Gasteiger partial charge on any atom is 0.325 e. The Bertz CT molecular complexity index is 1040. The molecule has 2 heterocycles. The molecule has 30 heavy (non-hydrogen) atoms. The first-order valence-electron chi connectivity index (χ1n) is 9.31. The molecule has 8 nitrogen and oxygen atoms in total. The molecule has 0 spiro atoms. The summed E-state index contributed by atoms with van der Waals surface area (Å²) in [6.45, 7) is 1.73. The van der Waals surface area contributed by atoms with Gasteiger partial charge in [0.2, 0.25) is 12.7 Å². The van der Waals surface area contributed by atoms with Crippen LogP contribution in [0.15, 0.2) is 46.9 Å². The fourth-order valence-corrected chi connectivity index (χ4v) is 3.88. The molecule has 4 rings (SSSR count). The van der Waals surface area contributed by atoms with Gasteiger partial charge in [-0.3, -0.25) is 14.5 Å². The minimum Gasteiger partial charge on any atom is -0.454 e. The van der Waals surface area contributed by atoms with Gasteiger partial charge in [-0.2, -0.15) is 0 Å². The highest BCUT2D eigenvalue weighted by Crippen LogP contribution is 2.37. The zero-order valence-electron chi connectivity index (χ0n) is 16.5. The number of rotatable bonds is 5. The number of imide groups is 1. The van der Waals surface area contributed by atoms with Crippen molar-refractivity contribution < 1.29 is 23.9 Å². The standard InChI is InChI=1S/C21H20BrN3O5/c1-21(14-7-8-16-17(9-14)30-12-29-16)19(27)25(20(28)23-21)11-18(26)24(2)10-13-5-3-4-6-15(13)22/h3-9H,10-12H2,1-2H3,(H,23,28). The van der Waals surface area contributed by atoms with Gasteiger partial charge in [0.1, 0.15) is 12.1 Å². The van der Waals surface area contributed by atoms with Crippen LogP contribution in [0.4, 0.5) is 4.79 Å². The molecule has 0 aliphatic carbocycles. The van der Waals surface area contributed by atoms with Crippen molar-refractivity contribution in [2.24, 2.45) is 0 Å². The molecule has 4 amide bonds. The Morgan fingerprint density at radius 3 is 2.70 bits per heavy atom. The van der Waals surface area contributed by atoms with E-state index < -0.39 is 17.5 Å². The van der Waals surface area contributed by atoms with E-state index >= 15 is 0 Å². The molecule has 1 atom stereocenters. The average Bonchev–Trinajstić information content (AvgIpc) is 3.28. The normalized spacial score (nSPS) is 19.8. The van der Waals surface area contributed by atoms with E-state index in [2.05, 4.69) is 21.2 Å². The smallest absolute Gasteiger partial charge is 0.325 e. The molecule has 156 valence electrons. The molecule has 1 unspecified atom stereocenters. The van der Waals surface area contributed by atoms with E-state index in [0.717, 1.165) is 14.9 Å². The summed E-state index contributed by atoms with van der Waals surface area (Å²) in [7, 11) is 1.64. The molecule has 1 fully saturated rings.